The van der Waals surface area contributed by atoms with Gasteiger partial charge in [0.25, 0.3) is 0 Å². The van der Waals surface area contributed by atoms with Crippen molar-refractivity contribution in [2.24, 2.45) is 5.92 Å². The number of carbonyl (C=O) groups is 2. The van der Waals surface area contributed by atoms with Crippen molar-refractivity contribution in [3.05, 3.63) is 70.4 Å². The van der Waals surface area contributed by atoms with Crippen molar-refractivity contribution in [2.45, 2.75) is 19.3 Å². The molecular formula is C20H17ClN2O3. The van der Waals surface area contributed by atoms with Gasteiger partial charge >= 0.3 is 5.91 Å². The lowest BCUT2D eigenvalue weighted by molar-refractivity contribution is -0.123. The van der Waals surface area contributed by atoms with Gasteiger partial charge in [-0.25, -0.2) is 0 Å². The Bertz CT molecular complexity index is 1010. The fraction of sp³-hybridized carbons (Fsp3) is 0.200. The lowest BCUT2D eigenvalue weighted by atomic mass is 10.1. The summed E-state index contributed by atoms with van der Waals surface area (Å²) in [5.41, 5.74) is 7.29. The molecule has 0 bridgehead atoms. The highest BCUT2D eigenvalue weighted by Gasteiger charge is 2.45. The molecule has 1 saturated carbocycles. The van der Waals surface area contributed by atoms with Gasteiger partial charge in [-0.15, -0.1) is 0 Å². The molecule has 6 heteroatoms. The number of hydrogen-bond donors (Lipinski definition) is 2. The summed E-state index contributed by atoms with van der Waals surface area (Å²) in [5.74, 6) is -0.593. The van der Waals surface area contributed by atoms with E-state index in [4.69, 9.17) is 16.0 Å². The van der Waals surface area contributed by atoms with Gasteiger partial charge < -0.3 is 4.42 Å². The van der Waals surface area contributed by atoms with Crippen LogP contribution >= 0.6 is 11.6 Å². The zero-order chi connectivity index (χ0) is 18.3. The van der Waals surface area contributed by atoms with E-state index in [1.165, 1.54) is 0 Å². The first-order chi connectivity index (χ1) is 12.6. The highest BCUT2D eigenvalue weighted by Crippen LogP contribution is 2.49. The van der Waals surface area contributed by atoms with Gasteiger partial charge in [0.15, 0.2) is 5.76 Å². The number of aryl methyl sites for hydroxylation is 1. The first-order valence-corrected chi connectivity index (χ1v) is 8.77. The van der Waals surface area contributed by atoms with E-state index < -0.39 is 5.91 Å². The molecule has 2 atom stereocenters. The maximum atomic E-state index is 12.3. The second-order valence-electron chi connectivity index (χ2n) is 6.47. The van der Waals surface area contributed by atoms with Crippen LogP contribution in [-0.4, -0.2) is 11.8 Å². The van der Waals surface area contributed by atoms with Gasteiger partial charge in [0.2, 0.25) is 5.91 Å². The minimum atomic E-state index is -0.470. The maximum absolute atomic E-state index is 12.3. The number of benzene rings is 2. The van der Waals surface area contributed by atoms with Crippen molar-refractivity contribution < 1.29 is 14.0 Å². The molecule has 3 aromatic rings. The topological polar surface area (TPSA) is 71.3 Å². The van der Waals surface area contributed by atoms with Gasteiger partial charge in [0.1, 0.15) is 5.58 Å². The summed E-state index contributed by atoms with van der Waals surface area (Å²) in [7, 11) is 0. The quantitative estimate of drug-likeness (QED) is 0.687. The van der Waals surface area contributed by atoms with E-state index in [-0.39, 0.29) is 23.5 Å². The highest BCUT2D eigenvalue weighted by molar-refractivity contribution is 6.31. The molecule has 1 heterocycles. The third kappa shape index (κ3) is 2.95. The van der Waals surface area contributed by atoms with Crippen LogP contribution in [0.25, 0.3) is 11.0 Å². The van der Waals surface area contributed by atoms with Crippen molar-refractivity contribution in [1.29, 1.82) is 0 Å². The molecule has 0 unspecified atom stereocenters. The van der Waals surface area contributed by atoms with Crippen LogP contribution < -0.4 is 10.9 Å². The predicted molar refractivity (Wildman–Crippen MR) is 98.9 cm³/mol. The van der Waals surface area contributed by atoms with Crippen molar-refractivity contribution in [2.75, 3.05) is 0 Å². The van der Waals surface area contributed by atoms with E-state index in [0.29, 0.717) is 10.6 Å². The van der Waals surface area contributed by atoms with Crippen LogP contribution in [0.4, 0.5) is 0 Å². The van der Waals surface area contributed by atoms with Gasteiger partial charge in [-0.05, 0) is 37.0 Å². The fourth-order valence-electron chi connectivity index (χ4n) is 3.26. The van der Waals surface area contributed by atoms with Crippen LogP contribution in [-0.2, 0) is 4.79 Å². The first kappa shape index (κ1) is 16.7. The molecule has 0 radical (unpaired) electrons. The molecule has 132 valence electrons. The molecule has 2 aromatic carbocycles. The Morgan fingerprint density at radius 2 is 1.81 bits per heavy atom. The van der Waals surface area contributed by atoms with E-state index in [1.807, 2.05) is 49.4 Å². The van der Waals surface area contributed by atoms with E-state index in [1.54, 1.807) is 6.07 Å². The standard InChI is InChI=1S/C20H17ClN2O3/c1-11-12-6-3-5-9-17(12)26-18(11)20(25)23-22-19(24)15-10-14(15)13-7-2-4-8-16(13)21/h2-9,14-15H,10H2,1H3,(H,22,24)(H,23,25)/t14-,15+/m1/s1. The summed E-state index contributed by atoms with van der Waals surface area (Å²) >= 11 is 6.18. The average molecular weight is 369 g/mol. The summed E-state index contributed by atoms with van der Waals surface area (Å²) in [6, 6.07) is 14.9. The van der Waals surface area contributed by atoms with E-state index in [0.717, 1.165) is 22.9 Å². The van der Waals surface area contributed by atoms with Gasteiger partial charge in [0.05, 0.1) is 0 Å². The minimum absolute atomic E-state index is 0.0912. The molecule has 1 aromatic heterocycles. The molecule has 2 amide bonds. The Labute approximate surface area is 155 Å². The van der Waals surface area contributed by atoms with Crippen molar-refractivity contribution >= 4 is 34.4 Å². The molecule has 0 spiro atoms. The summed E-state index contributed by atoms with van der Waals surface area (Å²) in [6.07, 6.45) is 0.717. The number of nitrogens with one attached hydrogen (secondary N) is 2. The predicted octanol–water partition coefficient (Wildman–Crippen LogP) is 3.96. The van der Waals surface area contributed by atoms with Crippen LogP contribution in [0.3, 0.4) is 0 Å². The second kappa shape index (κ2) is 6.50. The molecular weight excluding hydrogens is 352 g/mol. The van der Waals surface area contributed by atoms with Crippen molar-refractivity contribution in [3.63, 3.8) is 0 Å². The Morgan fingerprint density at radius 1 is 1.08 bits per heavy atom. The lowest BCUT2D eigenvalue weighted by Gasteiger charge is -2.07. The van der Waals surface area contributed by atoms with Gasteiger partial charge in [0, 0.05) is 21.9 Å². The Hall–Kier alpha value is -2.79. The average Bonchev–Trinajstić information content (AvgIpc) is 3.38. The zero-order valence-corrected chi connectivity index (χ0v) is 14.8. The molecule has 4 rings (SSSR count). The molecule has 0 saturated heterocycles. The van der Waals surface area contributed by atoms with Gasteiger partial charge in [-0.2, -0.15) is 0 Å². The number of halogens is 1. The number of amides is 2. The third-order valence-corrected chi connectivity index (χ3v) is 5.13. The van der Waals surface area contributed by atoms with E-state index >= 15 is 0 Å². The SMILES string of the molecule is Cc1c(C(=O)NNC(=O)[C@H]2C[C@@H]2c2ccccc2Cl)oc2ccccc12. The number of hydrogen-bond acceptors (Lipinski definition) is 3. The summed E-state index contributed by atoms with van der Waals surface area (Å²) in [6.45, 7) is 1.82. The maximum Gasteiger partial charge on any atom is 0.305 e. The Kier molecular flexibility index (Phi) is 4.17. The number of fused-ring (bicyclic) bond motifs is 1. The molecule has 26 heavy (non-hydrogen) atoms. The largest absolute Gasteiger partial charge is 0.451 e. The lowest BCUT2D eigenvalue weighted by Crippen LogP contribution is -2.42. The van der Waals surface area contributed by atoms with Crippen LogP contribution in [0.15, 0.2) is 52.9 Å². The summed E-state index contributed by atoms with van der Waals surface area (Å²) < 4.78 is 5.59. The number of hydrazine groups is 1. The van der Waals surface area contributed by atoms with Crippen LogP contribution in [0.2, 0.25) is 5.02 Å². The number of rotatable bonds is 3. The number of furan rings is 1. The molecule has 1 aliphatic carbocycles. The van der Waals surface area contributed by atoms with E-state index in [2.05, 4.69) is 10.9 Å². The molecule has 1 fully saturated rings. The third-order valence-electron chi connectivity index (χ3n) is 4.78. The fourth-order valence-corrected chi connectivity index (χ4v) is 3.54. The van der Waals surface area contributed by atoms with Gasteiger partial charge in [-0.1, -0.05) is 48.0 Å². The number of carbonyl (C=O) groups excluding carboxylic acids is 2. The van der Waals surface area contributed by atoms with Gasteiger partial charge in [-0.3, -0.25) is 20.4 Å². The van der Waals surface area contributed by atoms with Crippen LogP contribution in [0, 0.1) is 12.8 Å². The molecule has 0 aliphatic heterocycles. The molecule has 2 N–H and O–H groups in total. The van der Waals surface area contributed by atoms with E-state index in [9.17, 15) is 9.59 Å². The number of para-hydroxylation sites is 1. The minimum Gasteiger partial charge on any atom is -0.451 e. The molecule has 5 nitrogen and oxygen atoms in total. The summed E-state index contributed by atoms with van der Waals surface area (Å²) in [5, 5.41) is 1.54. The molecule has 1 aliphatic rings. The van der Waals surface area contributed by atoms with Crippen molar-refractivity contribution in [3.8, 4) is 0 Å². The van der Waals surface area contributed by atoms with Crippen LogP contribution in [0.1, 0.15) is 34.0 Å². The highest BCUT2D eigenvalue weighted by atomic mass is 35.5. The Morgan fingerprint density at radius 3 is 2.58 bits per heavy atom. The smallest absolute Gasteiger partial charge is 0.305 e. The monoisotopic (exact) mass is 368 g/mol. The second-order valence-corrected chi connectivity index (χ2v) is 6.87. The van der Waals surface area contributed by atoms with Crippen LogP contribution in [0.5, 0.6) is 0 Å². The Balaban J connectivity index is 1.40. The zero-order valence-electron chi connectivity index (χ0n) is 14.1. The normalized spacial score (nSPS) is 18.5. The van der Waals surface area contributed by atoms with Crippen molar-refractivity contribution in [1.82, 2.24) is 10.9 Å². The first-order valence-electron chi connectivity index (χ1n) is 8.39. The summed E-state index contributed by atoms with van der Waals surface area (Å²) in [4.78, 5) is 24.6.